The molecular weight excluding hydrogens is 450 g/mol. The normalized spacial score (nSPS) is 15.7. The lowest BCUT2D eigenvalue weighted by atomic mass is 9.95. The molecule has 4 aromatic rings. The molecule has 6 heteroatoms. The average Bonchev–Trinajstić information content (AvgIpc) is 3.41. The number of likely N-dealkylation sites (tertiary alicyclic amines) is 1. The third-order valence-corrected chi connectivity index (χ3v) is 7.17. The summed E-state index contributed by atoms with van der Waals surface area (Å²) in [7, 11) is 0. The number of rotatable bonds is 6. The monoisotopic (exact) mass is 479 g/mol. The van der Waals surface area contributed by atoms with Gasteiger partial charge in [-0.25, -0.2) is 0 Å². The second kappa shape index (κ2) is 9.55. The predicted molar refractivity (Wildman–Crippen MR) is 140 cm³/mol. The van der Waals surface area contributed by atoms with Crippen molar-refractivity contribution in [2.24, 2.45) is 5.73 Å². The fraction of sp³-hybridized carbons (Fsp3) is 0.233. The van der Waals surface area contributed by atoms with Crippen LogP contribution in [0.2, 0.25) is 0 Å². The average molecular weight is 480 g/mol. The number of benzene rings is 3. The summed E-state index contributed by atoms with van der Waals surface area (Å²) in [5.74, 6) is 1.37. The Morgan fingerprint density at radius 1 is 0.917 bits per heavy atom. The number of nitrogens with zero attached hydrogens (tertiary/aromatic N) is 2. The molecule has 0 spiro atoms. The van der Waals surface area contributed by atoms with Gasteiger partial charge in [0.1, 0.15) is 0 Å². The Hall–Kier alpha value is -4.03. The molecule has 3 aromatic carbocycles. The number of anilines is 2. The molecule has 1 aromatic heterocycles. The summed E-state index contributed by atoms with van der Waals surface area (Å²) < 4.78 is 11.7. The zero-order chi connectivity index (χ0) is 24.5. The molecule has 6 rings (SSSR count). The molecule has 2 N–H and O–H groups in total. The SMILES string of the molecule is NC(=O)Cc1ccccc1-c1ccc2c(c1)Oc1ccccc1N2C1CCN(Cc2ccoc2)CC1. The molecule has 2 aliphatic heterocycles. The van der Waals surface area contributed by atoms with E-state index in [-0.39, 0.29) is 12.3 Å². The lowest BCUT2D eigenvalue weighted by Crippen LogP contribution is -2.43. The van der Waals surface area contributed by atoms with E-state index in [0.717, 1.165) is 72.0 Å². The van der Waals surface area contributed by atoms with E-state index < -0.39 is 0 Å². The lowest BCUT2D eigenvalue weighted by Gasteiger charge is -2.42. The number of fused-ring (bicyclic) bond motifs is 2. The number of amides is 1. The van der Waals surface area contributed by atoms with Gasteiger partial charge in [0.15, 0.2) is 11.5 Å². The van der Waals surface area contributed by atoms with Crippen LogP contribution in [-0.4, -0.2) is 29.9 Å². The molecular formula is C30H29N3O3. The number of primary amides is 1. The highest BCUT2D eigenvalue weighted by Gasteiger charge is 2.32. The van der Waals surface area contributed by atoms with Gasteiger partial charge in [0.05, 0.1) is 30.3 Å². The van der Waals surface area contributed by atoms with Crippen LogP contribution in [-0.2, 0) is 17.8 Å². The fourth-order valence-corrected chi connectivity index (χ4v) is 5.47. The molecule has 1 fully saturated rings. The molecule has 0 atom stereocenters. The highest BCUT2D eigenvalue weighted by atomic mass is 16.5. The van der Waals surface area contributed by atoms with Gasteiger partial charge >= 0.3 is 0 Å². The van der Waals surface area contributed by atoms with Crippen LogP contribution in [0, 0.1) is 0 Å². The number of nitrogens with two attached hydrogens (primary N) is 1. The summed E-state index contributed by atoms with van der Waals surface area (Å²) in [5.41, 5.74) is 11.9. The zero-order valence-electron chi connectivity index (χ0n) is 20.1. The van der Waals surface area contributed by atoms with Gasteiger partial charge < -0.3 is 19.8 Å². The molecule has 182 valence electrons. The summed E-state index contributed by atoms with van der Waals surface area (Å²) in [6.45, 7) is 2.99. The highest BCUT2D eigenvalue weighted by molar-refractivity contribution is 5.84. The standard InChI is InChI=1S/C30H29N3O3/c31-30(34)18-22-5-1-2-6-25(22)23-9-10-27-29(17-23)36-28-8-4-3-7-26(28)33(27)24-11-14-32(15-12-24)19-21-13-16-35-20-21/h1-10,13,16-17,20,24H,11-12,14-15,18-19H2,(H2,31,34). The maximum absolute atomic E-state index is 11.6. The van der Waals surface area contributed by atoms with E-state index in [9.17, 15) is 4.79 Å². The van der Waals surface area contributed by atoms with E-state index in [1.54, 1.807) is 6.26 Å². The molecule has 6 nitrogen and oxygen atoms in total. The van der Waals surface area contributed by atoms with Crippen LogP contribution < -0.4 is 15.4 Å². The number of para-hydroxylation sites is 2. The van der Waals surface area contributed by atoms with Crippen LogP contribution in [0.15, 0.2) is 89.7 Å². The Morgan fingerprint density at radius 3 is 2.50 bits per heavy atom. The fourth-order valence-electron chi connectivity index (χ4n) is 5.47. The molecule has 36 heavy (non-hydrogen) atoms. The summed E-state index contributed by atoms with van der Waals surface area (Å²) in [4.78, 5) is 16.6. The van der Waals surface area contributed by atoms with Crippen LogP contribution in [0.4, 0.5) is 11.4 Å². The minimum absolute atomic E-state index is 0.209. The van der Waals surface area contributed by atoms with Crippen LogP contribution >= 0.6 is 0 Å². The number of ether oxygens (including phenoxy) is 1. The number of carbonyl (C=O) groups is 1. The van der Waals surface area contributed by atoms with Crippen molar-refractivity contribution >= 4 is 17.3 Å². The van der Waals surface area contributed by atoms with Gasteiger partial charge in [-0.2, -0.15) is 0 Å². The number of carbonyl (C=O) groups excluding carboxylic acids is 1. The Bertz CT molecular complexity index is 1370. The van der Waals surface area contributed by atoms with Gasteiger partial charge in [-0.05, 0) is 59.9 Å². The third-order valence-electron chi connectivity index (χ3n) is 7.17. The van der Waals surface area contributed by atoms with E-state index in [2.05, 4.69) is 40.1 Å². The third kappa shape index (κ3) is 4.36. The first-order chi connectivity index (χ1) is 17.7. The van der Waals surface area contributed by atoms with Crippen molar-refractivity contribution in [3.05, 3.63) is 96.4 Å². The predicted octanol–water partition coefficient (Wildman–Crippen LogP) is 5.88. The quantitative estimate of drug-likeness (QED) is 0.374. The Balaban J connectivity index is 1.31. The number of hydrogen-bond donors (Lipinski definition) is 1. The summed E-state index contributed by atoms with van der Waals surface area (Å²) in [6.07, 6.45) is 5.91. The van der Waals surface area contributed by atoms with Crippen molar-refractivity contribution < 1.29 is 13.9 Å². The first-order valence-corrected chi connectivity index (χ1v) is 12.5. The van der Waals surface area contributed by atoms with Crippen LogP contribution in [0.3, 0.4) is 0 Å². The summed E-state index contributed by atoms with van der Waals surface area (Å²) in [6, 6.07) is 25.0. The molecule has 0 unspecified atom stereocenters. The van der Waals surface area contributed by atoms with Crippen LogP contribution in [0.25, 0.3) is 11.1 Å². The van der Waals surface area contributed by atoms with E-state index in [1.807, 2.05) is 48.7 Å². The van der Waals surface area contributed by atoms with Crippen LogP contribution in [0.5, 0.6) is 11.5 Å². The topological polar surface area (TPSA) is 71.9 Å². The molecule has 2 aliphatic rings. The zero-order valence-corrected chi connectivity index (χ0v) is 20.1. The van der Waals surface area contributed by atoms with E-state index in [4.69, 9.17) is 14.9 Å². The Kier molecular flexibility index (Phi) is 5.95. The largest absolute Gasteiger partial charge is 0.472 e. The highest BCUT2D eigenvalue weighted by Crippen LogP contribution is 2.50. The Morgan fingerprint density at radius 2 is 1.69 bits per heavy atom. The number of piperidine rings is 1. The van der Waals surface area contributed by atoms with Gasteiger partial charge in [-0.15, -0.1) is 0 Å². The number of hydrogen-bond acceptors (Lipinski definition) is 5. The van der Waals surface area contributed by atoms with E-state index in [1.165, 1.54) is 5.56 Å². The molecule has 1 saturated heterocycles. The van der Waals surface area contributed by atoms with Gasteiger partial charge in [0, 0.05) is 31.2 Å². The smallest absolute Gasteiger partial charge is 0.221 e. The first kappa shape index (κ1) is 22.4. The van der Waals surface area contributed by atoms with Gasteiger partial charge in [-0.1, -0.05) is 42.5 Å². The molecule has 0 saturated carbocycles. The summed E-state index contributed by atoms with van der Waals surface area (Å²) in [5, 5.41) is 0. The molecule has 3 heterocycles. The van der Waals surface area contributed by atoms with Crippen molar-refractivity contribution in [1.82, 2.24) is 4.90 Å². The van der Waals surface area contributed by atoms with Crippen molar-refractivity contribution in [3.63, 3.8) is 0 Å². The maximum atomic E-state index is 11.6. The van der Waals surface area contributed by atoms with Crippen molar-refractivity contribution in [2.75, 3.05) is 18.0 Å². The van der Waals surface area contributed by atoms with Crippen molar-refractivity contribution in [1.29, 1.82) is 0 Å². The van der Waals surface area contributed by atoms with Gasteiger partial charge in [0.2, 0.25) is 5.91 Å². The van der Waals surface area contributed by atoms with Crippen molar-refractivity contribution in [2.45, 2.75) is 31.8 Å². The second-order valence-electron chi connectivity index (χ2n) is 9.56. The second-order valence-corrected chi connectivity index (χ2v) is 9.56. The van der Waals surface area contributed by atoms with Gasteiger partial charge in [0.25, 0.3) is 0 Å². The minimum Gasteiger partial charge on any atom is -0.472 e. The van der Waals surface area contributed by atoms with Gasteiger partial charge in [-0.3, -0.25) is 9.69 Å². The van der Waals surface area contributed by atoms with E-state index in [0.29, 0.717) is 6.04 Å². The Labute approximate surface area is 210 Å². The molecule has 0 radical (unpaired) electrons. The first-order valence-electron chi connectivity index (χ1n) is 12.5. The molecule has 0 aliphatic carbocycles. The molecule has 1 amide bonds. The van der Waals surface area contributed by atoms with Crippen LogP contribution in [0.1, 0.15) is 24.0 Å². The van der Waals surface area contributed by atoms with E-state index >= 15 is 0 Å². The number of furan rings is 1. The summed E-state index contributed by atoms with van der Waals surface area (Å²) >= 11 is 0. The van der Waals surface area contributed by atoms with Crippen molar-refractivity contribution in [3.8, 4) is 22.6 Å². The lowest BCUT2D eigenvalue weighted by molar-refractivity contribution is -0.117. The molecule has 0 bridgehead atoms. The minimum atomic E-state index is -0.337. The maximum Gasteiger partial charge on any atom is 0.221 e.